The van der Waals surface area contributed by atoms with Crippen molar-refractivity contribution in [2.45, 2.75) is 19.1 Å². The number of hydrogen-bond donors (Lipinski definition) is 1. The third kappa shape index (κ3) is 3.35. The maximum atomic E-state index is 12.7. The van der Waals surface area contributed by atoms with Crippen LogP contribution in [-0.4, -0.2) is 35.9 Å². The first-order valence-electron chi connectivity index (χ1n) is 5.23. The van der Waals surface area contributed by atoms with E-state index < -0.39 is 17.8 Å². The van der Waals surface area contributed by atoms with Crippen molar-refractivity contribution in [1.82, 2.24) is 9.88 Å². The Balaban J connectivity index is 2.95. The molecule has 18 heavy (non-hydrogen) atoms. The minimum Gasteiger partial charge on any atom is -0.358 e. The summed E-state index contributed by atoms with van der Waals surface area (Å²) in [5.41, 5.74) is -0.886. The second-order valence-electron chi connectivity index (χ2n) is 4.00. The van der Waals surface area contributed by atoms with Crippen LogP contribution in [0.1, 0.15) is 12.5 Å². The van der Waals surface area contributed by atoms with Crippen LogP contribution in [0.25, 0.3) is 0 Å². The van der Waals surface area contributed by atoms with Crippen LogP contribution in [0, 0.1) is 0 Å². The van der Waals surface area contributed by atoms with Gasteiger partial charge in [0.2, 0.25) is 5.91 Å². The van der Waals surface area contributed by atoms with E-state index in [1.807, 2.05) is 0 Å². The molecule has 1 amide bonds. The number of nitrogens with one attached hydrogen (secondary N) is 1. The summed E-state index contributed by atoms with van der Waals surface area (Å²) in [5.74, 6) is -0.665. The molecule has 0 aliphatic heterocycles. The van der Waals surface area contributed by atoms with Gasteiger partial charge in [-0.05, 0) is 19.1 Å². The Kier molecular flexibility index (Phi) is 4.15. The zero-order chi connectivity index (χ0) is 13.9. The first-order chi connectivity index (χ1) is 8.23. The van der Waals surface area contributed by atoms with E-state index in [1.165, 1.54) is 38.2 Å². The molecule has 0 radical (unpaired) electrons. The average molecular weight is 261 g/mol. The lowest BCUT2D eigenvalue weighted by Gasteiger charge is -2.20. The molecule has 1 aromatic heterocycles. The normalized spacial score (nSPS) is 13.0. The van der Waals surface area contributed by atoms with Gasteiger partial charge in [-0.3, -0.25) is 4.79 Å². The van der Waals surface area contributed by atoms with Crippen LogP contribution < -0.4 is 5.32 Å². The highest BCUT2D eigenvalue weighted by molar-refractivity contribution is 5.83. The van der Waals surface area contributed by atoms with Crippen molar-refractivity contribution in [2.24, 2.45) is 0 Å². The number of alkyl halides is 3. The number of nitrogens with zero attached hydrogens (tertiary/aromatic N) is 2. The zero-order valence-corrected chi connectivity index (χ0v) is 10.2. The molecule has 1 aromatic rings. The second-order valence-corrected chi connectivity index (χ2v) is 4.00. The van der Waals surface area contributed by atoms with E-state index in [0.29, 0.717) is 0 Å². The summed E-state index contributed by atoms with van der Waals surface area (Å²) in [6.07, 6.45) is -3.26. The van der Waals surface area contributed by atoms with Crippen LogP contribution in [0.3, 0.4) is 0 Å². The first kappa shape index (κ1) is 14.3. The van der Waals surface area contributed by atoms with Crippen molar-refractivity contribution in [2.75, 3.05) is 19.4 Å². The molecule has 7 heteroatoms. The number of amides is 1. The number of anilines is 1. The van der Waals surface area contributed by atoms with Gasteiger partial charge in [-0.2, -0.15) is 13.2 Å². The number of rotatable bonds is 3. The van der Waals surface area contributed by atoms with Gasteiger partial charge in [-0.15, -0.1) is 0 Å². The fourth-order valence-corrected chi connectivity index (χ4v) is 1.40. The zero-order valence-electron chi connectivity index (χ0n) is 10.2. The molecule has 4 nitrogen and oxygen atoms in total. The van der Waals surface area contributed by atoms with Crippen LogP contribution in [0.15, 0.2) is 18.3 Å². The molecule has 0 aliphatic carbocycles. The molecule has 0 fully saturated rings. The van der Waals surface area contributed by atoms with E-state index in [-0.39, 0.29) is 11.7 Å². The van der Waals surface area contributed by atoms with Gasteiger partial charge in [-0.25, -0.2) is 4.98 Å². The number of carbonyl (C=O) groups is 1. The lowest BCUT2D eigenvalue weighted by molar-refractivity contribution is -0.137. The van der Waals surface area contributed by atoms with Gasteiger partial charge in [0.25, 0.3) is 0 Å². The van der Waals surface area contributed by atoms with E-state index in [2.05, 4.69) is 10.3 Å². The predicted molar refractivity (Wildman–Crippen MR) is 61.0 cm³/mol. The maximum Gasteiger partial charge on any atom is 0.419 e. The highest BCUT2D eigenvalue weighted by Gasteiger charge is 2.34. The average Bonchev–Trinajstić information content (AvgIpc) is 2.27. The van der Waals surface area contributed by atoms with Crippen molar-refractivity contribution < 1.29 is 18.0 Å². The Morgan fingerprint density at radius 2 is 2.06 bits per heavy atom. The Morgan fingerprint density at radius 1 is 1.44 bits per heavy atom. The quantitative estimate of drug-likeness (QED) is 0.905. The third-order valence-corrected chi connectivity index (χ3v) is 2.28. The number of carbonyl (C=O) groups excluding carboxylic acids is 1. The summed E-state index contributed by atoms with van der Waals surface area (Å²) in [6, 6.07) is 1.34. The fraction of sp³-hybridized carbons (Fsp3) is 0.455. The Hall–Kier alpha value is -1.79. The summed E-state index contributed by atoms with van der Waals surface area (Å²) in [5, 5.41) is 2.48. The van der Waals surface area contributed by atoms with Crippen LogP contribution in [0.2, 0.25) is 0 Å². The highest BCUT2D eigenvalue weighted by Crippen LogP contribution is 2.33. The summed E-state index contributed by atoms with van der Waals surface area (Å²) in [6.45, 7) is 1.48. The Labute approximate surface area is 103 Å². The third-order valence-electron chi connectivity index (χ3n) is 2.28. The monoisotopic (exact) mass is 261 g/mol. The number of halogens is 3. The van der Waals surface area contributed by atoms with E-state index in [9.17, 15) is 18.0 Å². The standard InChI is InChI=1S/C11H14F3N3O/c1-7(10(18)17(2)3)16-9-8(11(12,13)14)5-4-6-15-9/h4-7H,1-3H3,(H,15,16). The van der Waals surface area contributed by atoms with Gasteiger partial charge in [0.05, 0.1) is 5.56 Å². The smallest absolute Gasteiger partial charge is 0.358 e. The molecule has 0 spiro atoms. The first-order valence-corrected chi connectivity index (χ1v) is 5.23. The second kappa shape index (κ2) is 5.24. The van der Waals surface area contributed by atoms with Crippen LogP contribution in [0.4, 0.5) is 19.0 Å². The topological polar surface area (TPSA) is 45.2 Å². The molecular weight excluding hydrogens is 247 g/mol. The molecule has 0 aliphatic rings. The molecule has 0 saturated heterocycles. The molecule has 1 heterocycles. The lowest BCUT2D eigenvalue weighted by atomic mass is 10.2. The number of hydrogen-bond acceptors (Lipinski definition) is 3. The Bertz CT molecular complexity index is 432. The predicted octanol–water partition coefficient (Wildman–Crippen LogP) is 1.99. The molecule has 1 rings (SSSR count). The van der Waals surface area contributed by atoms with Crippen molar-refractivity contribution in [3.8, 4) is 0 Å². The highest BCUT2D eigenvalue weighted by atomic mass is 19.4. The van der Waals surface area contributed by atoms with Crippen molar-refractivity contribution in [3.05, 3.63) is 23.9 Å². The molecular formula is C11H14F3N3O. The summed E-state index contributed by atoms with van der Waals surface area (Å²) in [4.78, 5) is 16.5. The van der Waals surface area contributed by atoms with E-state index in [0.717, 1.165) is 6.07 Å². The summed E-state index contributed by atoms with van der Waals surface area (Å²) in [7, 11) is 3.06. The maximum absolute atomic E-state index is 12.7. The Morgan fingerprint density at radius 3 is 2.56 bits per heavy atom. The van der Waals surface area contributed by atoms with Gasteiger partial charge in [-0.1, -0.05) is 0 Å². The van der Waals surface area contributed by atoms with Crippen LogP contribution in [0.5, 0.6) is 0 Å². The molecule has 1 N–H and O–H groups in total. The van der Waals surface area contributed by atoms with Gasteiger partial charge >= 0.3 is 6.18 Å². The van der Waals surface area contributed by atoms with Gasteiger partial charge in [0.1, 0.15) is 11.9 Å². The minimum atomic E-state index is -4.50. The van der Waals surface area contributed by atoms with E-state index >= 15 is 0 Å². The summed E-state index contributed by atoms with van der Waals surface area (Å²) >= 11 is 0. The van der Waals surface area contributed by atoms with Gasteiger partial charge < -0.3 is 10.2 Å². The molecule has 0 bridgehead atoms. The lowest BCUT2D eigenvalue weighted by Crippen LogP contribution is -2.37. The molecule has 1 unspecified atom stereocenters. The fourth-order valence-electron chi connectivity index (χ4n) is 1.40. The SMILES string of the molecule is CC(Nc1ncccc1C(F)(F)F)C(=O)N(C)C. The van der Waals surface area contributed by atoms with Gasteiger partial charge in [0.15, 0.2) is 0 Å². The number of aromatic nitrogens is 1. The molecule has 100 valence electrons. The summed E-state index contributed by atoms with van der Waals surface area (Å²) < 4.78 is 38.0. The largest absolute Gasteiger partial charge is 0.419 e. The van der Waals surface area contributed by atoms with Crippen molar-refractivity contribution in [1.29, 1.82) is 0 Å². The van der Waals surface area contributed by atoms with E-state index in [4.69, 9.17) is 0 Å². The van der Waals surface area contributed by atoms with Crippen LogP contribution in [-0.2, 0) is 11.0 Å². The molecule has 0 saturated carbocycles. The van der Waals surface area contributed by atoms with Crippen molar-refractivity contribution >= 4 is 11.7 Å². The van der Waals surface area contributed by atoms with Crippen molar-refractivity contribution in [3.63, 3.8) is 0 Å². The van der Waals surface area contributed by atoms with Gasteiger partial charge in [0, 0.05) is 20.3 Å². The molecule has 1 atom stereocenters. The number of likely N-dealkylation sites (N-methyl/N-ethyl adjacent to an activating group) is 1. The van der Waals surface area contributed by atoms with Crippen LogP contribution >= 0.6 is 0 Å². The number of pyridine rings is 1. The van der Waals surface area contributed by atoms with E-state index in [1.54, 1.807) is 0 Å². The molecule has 0 aromatic carbocycles. The minimum absolute atomic E-state index is 0.325.